The maximum Gasteiger partial charge on any atom is 0.251 e. The number of hydrogen-bond donors (Lipinski definition) is 0. The van der Waals surface area contributed by atoms with Crippen LogP contribution < -0.4 is 4.74 Å². The fourth-order valence-corrected chi connectivity index (χ4v) is 2.22. The molecule has 1 amide bonds. The summed E-state index contributed by atoms with van der Waals surface area (Å²) in [7, 11) is 1.79. The van der Waals surface area contributed by atoms with Crippen molar-refractivity contribution >= 4 is 21.8 Å². The first kappa shape index (κ1) is 14.3. The van der Waals surface area contributed by atoms with Crippen molar-refractivity contribution < 1.29 is 14.3 Å². The molecule has 0 aromatic heterocycles. The number of benzene rings is 1. The van der Waals surface area contributed by atoms with E-state index in [4.69, 9.17) is 9.47 Å². The lowest BCUT2D eigenvalue weighted by Crippen LogP contribution is -2.38. The summed E-state index contributed by atoms with van der Waals surface area (Å²) >= 11 is 3.37. The number of halogens is 1. The summed E-state index contributed by atoms with van der Waals surface area (Å²) in [5, 5.41) is 0. The van der Waals surface area contributed by atoms with E-state index in [9.17, 15) is 4.79 Å². The van der Waals surface area contributed by atoms with Crippen molar-refractivity contribution in [3.63, 3.8) is 0 Å². The minimum Gasteiger partial charge on any atom is -0.492 e. The predicted octanol–water partition coefficient (Wildman–Crippen LogP) is 2.47. The van der Waals surface area contributed by atoms with Gasteiger partial charge in [-0.2, -0.15) is 0 Å². The Morgan fingerprint density at radius 3 is 2.84 bits per heavy atom. The van der Waals surface area contributed by atoms with Crippen molar-refractivity contribution in [1.29, 1.82) is 0 Å². The first-order valence-corrected chi connectivity index (χ1v) is 7.21. The molecule has 0 radical (unpaired) electrons. The molecule has 1 aromatic rings. The molecule has 4 nitrogen and oxygen atoms in total. The molecule has 1 aliphatic rings. The van der Waals surface area contributed by atoms with E-state index in [1.165, 1.54) is 0 Å². The van der Waals surface area contributed by atoms with E-state index >= 15 is 0 Å². The second-order valence-corrected chi connectivity index (χ2v) is 5.48. The minimum atomic E-state index is -0.252. The zero-order chi connectivity index (χ0) is 13.7. The Hall–Kier alpha value is -1.07. The molecule has 1 heterocycles. The van der Waals surface area contributed by atoms with Gasteiger partial charge in [0.05, 0.1) is 6.54 Å². The van der Waals surface area contributed by atoms with Crippen LogP contribution in [0.15, 0.2) is 28.7 Å². The van der Waals surface area contributed by atoms with E-state index in [0.29, 0.717) is 19.8 Å². The summed E-state index contributed by atoms with van der Waals surface area (Å²) in [4.78, 5) is 13.6. The van der Waals surface area contributed by atoms with Crippen molar-refractivity contribution in [2.24, 2.45) is 0 Å². The van der Waals surface area contributed by atoms with Crippen molar-refractivity contribution in [3.8, 4) is 5.75 Å². The quantitative estimate of drug-likeness (QED) is 0.833. The fourth-order valence-electron chi connectivity index (χ4n) is 1.96. The zero-order valence-electron chi connectivity index (χ0n) is 11.0. The number of nitrogens with zero attached hydrogens (tertiary/aromatic N) is 1. The Kier molecular flexibility index (Phi) is 5.22. The summed E-state index contributed by atoms with van der Waals surface area (Å²) in [6.45, 7) is 1.74. The summed E-state index contributed by atoms with van der Waals surface area (Å²) in [6, 6.07) is 7.64. The number of rotatable bonds is 5. The van der Waals surface area contributed by atoms with E-state index < -0.39 is 0 Å². The highest BCUT2D eigenvalue weighted by Gasteiger charge is 2.26. The van der Waals surface area contributed by atoms with E-state index in [1.807, 2.05) is 24.3 Å². The van der Waals surface area contributed by atoms with Crippen LogP contribution in [-0.4, -0.2) is 43.7 Å². The number of hydrogen-bond acceptors (Lipinski definition) is 3. The second-order valence-electron chi connectivity index (χ2n) is 4.56. The SMILES string of the molecule is CN(CCOc1ccc(Br)cc1)C(=O)C1CCCO1. The highest BCUT2D eigenvalue weighted by atomic mass is 79.9. The molecule has 104 valence electrons. The Bertz CT molecular complexity index is 415. The molecule has 1 atom stereocenters. The highest BCUT2D eigenvalue weighted by Crippen LogP contribution is 2.16. The van der Waals surface area contributed by atoms with Gasteiger partial charge in [-0.3, -0.25) is 4.79 Å². The summed E-state index contributed by atoms with van der Waals surface area (Å²) in [6.07, 6.45) is 1.55. The van der Waals surface area contributed by atoms with E-state index in [-0.39, 0.29) is 12.0 Å². The van der Waals surface area contributed by atoms with Gasteiger partial charge in [-0.25, -0.2) is 0 Å². The zero-order valence-corrected chi connectivity index (χ0v) is 12.6. The van der Waals surface area contributed by atoms with Gasteiger partial charge in [-0.05, 0) is 37.1 Å². The largest absolute Gasteiger partial charge is 0.492 e. The van der Waals surface area contributed by atoms with Crippen LogP contribution in [-0.2, 0) is 9.53 Å². The van der Waals surface area contributed by atoms with Crippen LogP contribution >= 0.6 is 15.9 Å². The summed E-state index contributed by atoms with van der Waals surface area (Å²) < 4.78 is 12.0. The van der Waals surface area contributed by atoms with Gasteiger partial charge >= 0.3 is 0 Å². The molecule has 0 spiro atoms. The minimum absolute atomic E-state index is 0.0527. The van der Waals surface area contributed by atoms with Crippen molar-refractivity contribution in [2.75, 3.05) is 26.8 Å². The van der Waals surface area contributed by atoms with Crippen LogP contribution in [0.1, 0.15) is 12.8 Å². The lowest BCUT2D eigenvalue weighted by Gasteiger charge is -2.20. The molecule has 19 heavy (non-hydrogen) atoms. The van der Waals surface area contributed by atoms with E-state index in [2.05, 4.69) is 15.9 Å². The van der Waals surface area contributed by atoms with Crippen molar-refractivity contribution in [2.45, 2.75) is 18.9 Å². The third-order valence-electron chi connectivity index (χ3n) is 3.09. The maximum absolute atomic E-state index is 12.0. The highest BCUT2D eigenvalue weighted by molar-refractivity contribution is 9.10. The monoisotopic (exact) mass is 327 g/mol. The first-order chi connectivity index (χ1) is 9.16. The average molecular weight is 328 g/mol. The fraction of sp³-hybridized carbons (Fsp3) is 0.500. The van der Waals surface area contributed by atoms with Gasteiger partial charge in [0.15, 0.2) is 0 Å². The van der Waals surface area contributed by atoms with Crippen LogP contribution in [0, 0.1) is 0 Å². The summed E-state index contributed by atoms with van der Waals surface area (Å²) in [5.74, 6) is 0.859. The van der Waals surface area contributed by atoms with Gasteiger partial charge in [0, 0.05) is 18.1 Å². The van der Waals surface area contributed by atoms with Gasteiger partial charge in [0.25, 0.3) is 5.91 Å². The maximum atomic E-state index is 12.0. The molecule has 1 aromatic carbocycles. The van der Waals surface area contributed by atoms with Crippen LogP contribution in [0.4, 0.5) is 0 Å². The molecule has 1 saturated heterocycles. The molecule has 0 saturated carbocycles. The number of amides is 1. The molecule has 1 unspecified atom stereocenters. The second kappa shape index (κ2) is 6.91. The van der Waals surface area contributed by atoms with Crippen LogP contribution in [0.25, 0.3) is 0 Å². The standard InChI is InChI=1S/C14H18BrNO3/c1-16(14(17)13-3-2-9-19-13)8-10-18-12-6-4-11(15)5-7-12/h4-7,13H,2-3,8-10H2,1H3. The number of carbonyl (C=O) groups excluding carboxylic acids is 1. The van der Waals surface area contributed by atoms with Gasteiger partial charge in [-0.1, -0.05) is 15.9 Å². The third-order valence-corrected chi connectivity index (χ3v) is 3.62. The predicted molar refractivity (Wildman–Crippen MR) is 76.2 cm³/mol. The summed E-state index contributed by atoms with van der Waals surface area (Å²) in [5.41, 5.74) is 0. The smallest absolute Gasteiger partial charge is 0.251 e. The van der Waals surface area contributed by atoms with Crippen LogP contribution in [0.3, 0.4) is 0 Å². The van der Waals surface area contributed by atoms with Crippen molar-refractivity contribution in [3.05, 3.63) is 28.7 Å². The molecule has 2 rings (SSSR count). The van der Waals surface area contributed by atoms with E-state index in [1.54, 1.807) is 11.9 Å². The lowest BCUT2D eigenvalue weighted by atomic mass is 10.2. The molecule has 1 fully saturated rings. The van der Waals surface area contributed by atoms with Gasteiger partial charge < -0.3 is 14.4 Å². The van der Waals surface area contributed by atoms with Crippen LogP contribution in [0.5, 0.6) is 5.75 Å². The first-order valence-electron chi connectivity index (χ1n) is 6.42. The Balaban J connectivity index is 1.72. The normalized spacial score (nSPS) is 18.3. The lowest BCUT2D eigenvalue weighted by molar-refractivity contribution is -0.139. The molecule has 0 aliphatic carbocycles. The molecular formula is C14H18BrNO3. The van der Waals surface area contributed by atoms with Gasteiger partial charge in [0.1, 0.15) is 18.5 Å². The van der Waals surface area contributed by atoms with Gasteiger partial charge in [-0.15, -0.1) is 0 Å². The topological polar surface area (TPSA) is 38.8 Å². The Morgan fingerprint density at radius 2 is 2.21 bits per heavy atom. The van der Waals surface area contributed by atoms with E-state index in [0.717, 1.165) is 23.1 Å². The van der Waals surface area contributed by atoms with Gasteiger partial charge in [0.2, 0.25) is 0 Å². The third kappa shape index (κ3) is 4.21. The number of ether oxygens (including phenoxy) is 2. The molecule has 0 bridgehead atoms. The number of carbonyl (C=O) groups is 1. The molecular weight excluding hydrogens is 310 g/mol. The molecule has 0 N–H and O–H groups in total. The number of likely N-dealkylation sites (N-methyl/N-ethyl adjacent to an activating group) is 1. The molecule has 1 aliphatic heterocycles. The van der Waals surface area contributed by atoms with Crippen LogP contribution in [0.2, 0.25) is 0 Å². The molecule has 5 heteroatoms. The Morgan fingerprint density at radius 1 is 1.47 bits per heavy atom. The van der Waals surface area contributed by atoms with Crippen molar-refractivity contribution in [1.82, 2.24) is 4.90 Å². The Labute approximate surface area is 121 Å². The average Bonchev–Trinajstić information content (AvgIpc) is 2.94.